The minimum atomic E-state index is 0.254. The van der Waals surface area contributed by atoms with E-state index in [9.17, 15) is 0 Å². The summed E-state index contributed by atoms with van der Waals surface area (Å²) in [5, 5.41) is 12.5. The molecule has 1 fully saturated rings. The van der Waals surface area contributed by atoms with Crippen molar-refractivity contribution in [3.63, 3.8) is 0 Å². The lowest BCUT2D eigenvalue weighted by Gasteiger charge is -2.36. The molecule has 2 rings (SSSR count). The molecule has 2 N–H and O–H groups in total. The molecule has 106 valence electrons. The summed E-state index contributed by atoms with van der Waals surface area (Å²) in [5.41, 5.74) is 2.48. The Balaban J connectivity index is 2.04. The van der Waals surface area contributed by atoms with Gasteiger partial charge in [-0.2, -0.15) is 0 Å². The maximum Gasteiger partial charge on any atom is 0.121 e. The number of rotatable bonds is 5. The summed E-state index contributed by atoms with van der Waals surface area (Å²) in [4.78, 5) is 2.45. The van der Waals surface area contributed by atoms with Crippen molar-refractivity contribution in [2.45, 2.75) is 25.9 Å². The minimum absolute atomic E-state index is 0.254. The zero-order valence-corrected chi connectivity index (χ0v) is 11.9. The number of piperazine rings is 1. The average molecular weight is 264 g/mol. The van der Waals surface area contributed by atoms with Crippen LogP contribution in [-0.4, -0.2) is 49.4 Å². The Morgan fingerprint density at radius 3 is 3.00 bits per heavy atom. The van der Waals surface area contributed by atoms with Gasteiger partial charge >= 0.3 is 0 Å². The first-order valence-electron chi connectivity index (χ1n) is 6.93. The van der Waals surface area contributed by atoms with E-state index in [0.717, 1.165) is 38.3 Å². The molecule has 4 nitrogen and oxygen atoms in total. The number of ether oxygens (including phenoxy) is 1. The molecule has 1 heterocycles. The third-order valence-corrected chi connectivity index (χ3v) is 3.78. The molecule has 0 aromatic heterocycles. The molecule has 1 atom stereocenters. The van der Waals surface area contributed by atoms with Crippen molar-refractivity contribution in [1.82, 2.24) is 10.2 Å². The Morgan fingerprint density at radius 2 is 2.32 bits per heavy atom. The number of aliphatic hydroxyl groups is 1. The fraction of sp³-hybridized carbons (Fsp3) is 0.600. The number of aryl methyl sites for hydroxylation is 1. The molecular weight excluding hydrogens is 240 g/mol. The Bertz CT molecular complexity index is 407. The first kappa shape index (κ1) is 14.3. The van der Waals surface area contributed by atoms with Gasteiger partial charge in [0.25, 0.3) is 0 Å². The molecule has 1 saturated heterocycles. The molecule has 0 radical (unpaired) electrons. The van der Waals surface area contributed by atoms with Crippen LogP contribution < -0.4 is 10.1 Å². The van der Waals surface area contributed by atoms with Crippen LogP contribution in [0.1, 0.15) is 17.5 Å². The van der Waals surface area contributed by atoms with E-state index in [1.165, 1.54) is 11.1 Å². The lowest BCUT2D eigenvalue weighted by atomic mass is 10.1. The monoisotopic (exact) mass is 264 g/mol. The van der Waals surface area contributed by atoms with Crippen LogP contribution in [0.4, 0.5) is 0 Å². The van der Waals surface area contributed by atoms with Gasteiger partial charge < -0.3 is 15.2 Å². The smallest absolute Gasteiger partial charge is 0.121 e. The van der Waals surface area contributed by atoms with Gasteiger partial charge in [0.1, 0.15) is 5.75 Å². The first-order chi connectivity index (χ1) is 9.24. The summed E-state index contributed by atoms with van der Waals surface area (Å²) < 4.78 is 5.29. The Morgan fingerprint density at radius 1 is 1.47 bits per heavy atom. The quantitative estimate of drug-likeness (QED) is 0.838. The molecular formula is C15H24N2O2. The van der Waals surface area contributed by atoms with E-state index in [1.807, 2.05) is 6.07 Å². The third kappa shape index (κ3) is 3.69. The first-order valence-corrected chi connectivity index (χ1v) is 6.93. The summed E-state index contributed by atoms with van der Waals surface area (Å²) in [6, 6.07) is 6.79. The zero-order valence-electron chi connectivity index (χ0n) is 11.9. The molecule has 1 aromatic rings. The molecule has 19 heavy (non-hydrogen) atoms. The van der Waals surface area contributed by atoms with Crippen molar-refractivity contribution >= 4 is 0 Å². The normalized spacial score (nSPS) is 20.5. The summed E-state index contributed by atoms with van der Waals surface area (Å²) in [6.07, 6.45) is 0.835. The number of benzene rings is 1. The van der Waals surface area contributed by atoms with Crippen LogP contribution in [0.3, 0.4) is 0 Å². The van der Waals surface area contributed by atoms with E-state index in [-0.39, 0.29) is 6.61 Å². The molecule has 1 aliphatic heterocycles. The number of hydrogen-bond acceptors (Lipinski definition) is 4. The molecule has 0 saturated carbocycles. The van der Waals surface area contributed by atoms with Gasteiger partial charge in [-0.25, -0.2) is 0 Å². The van der Waals surface area contributed by atoms with Gasteiger partial charge in [0.05, 0.1) is 7.11 Å². The molecule has 0 spiro atoms. The van der Waals surface area contributed by atoms with Gasteiger partial charge in [-0.1, -0.05) is 12.1 Å². The Kier molecular flexibility index (Phi) is 5.19. The maximum absolute atomic E-state index is 9.14. The largest absolute Gasteiger partial charge is 0.496 e. The van der Waals surface area contributed by atoms with Gasteiger partial charge in [0.2, 0.25) is 0 Å². The summed E-state index contributed by atoms with van der Waals surface area (Å²) in [7, 11) is 1.70. The van der Waals surface area contributed by atoms with Crippen LogP contribution in [0.5, 0.6) is 5.75 Å². The topological polar surface area (TPSA) is 44.7 Å². The van der Waals surface area contributed by atoms with Crippen molar-refractivity contribution in [3.05, 3.63) is 29.3 Å². The van der Waals surface area contributed by atoms with Crippen molar-refractivity contribution in [3.8, 4) is 5.75 Å². The summed E-state index contributed by atoms with van der Waals surface area (Å²) in [6.45, 7) is 6.30. The second-order valence-electron chi connectivity index (χ2n) is 5.14. The van der Waals surface area contributed by atoms with E-state index in [4.69, 9.17) is 9.84 Å². The summed E-state index contributed by atoms with van der Waals surface area (Å²) in [5.74, 6) is 0.941. The predicted octanol–water partition coefficient (Wildman–Crippen LogP) is 1.16. The van der Waals surface area contributed by atoms with Gasteiger partial charge in [0, 0.05) is 38.8 Å². The van der Waals surface area contributed by atoms with Gasteiger partial charge in [-0.15, -0.1) is 0 Å². The van der Waals surface area contributed by atoms with Crippen molar-refractivity contribution in [2.75, 3.05) is 33.4 Å². The van der Waals surface area contributed by atoms with Gasteiger partial charge in [-0.05, 0) is 30.5 Å². The molecule has 0 bridgehead atoms. The highest BCUT2D eigenvalue weighted by Crippen LogP contribution is 2.20. The third-order valence-electron chi connectivity index (χ3n) is 3.78. The van der Waals surface area contributed by atoms with E-state index >= 15 is 0 Å². The molecule has 1 aromatic carbocycles. The van der Waals surface area contributed by atoms with Crippen LogP contribution in [0, 0.1) is 6.92 Å². The lowest BCUT2D eigenvalue weighted by Crippen LogP contribution is -2.51. The average Bonchev–Trinajstić information content (AvgIpc) is 2.41. The highest BCUT2D eigenvalue weighted by atomic mass is 16.5. The number of nitrogens with one attached hydrogen (secondary N) is 1. The Hall–Kier alpha value is -1.10. The van der Waals surface area contributed by atoms with Crippen LogP contribution in [0.2, 0.25) is 0 Å². The maximum atomic E-state index is 9.14. The molecule has 0 unspecified atom stereocenters. The number of nitrogens with zero attached hydrogens (tertiary/aromatic N) is 1. The van der Waals surface area contributed by atoms with Crippen LogP contribution in [-0.2, 0) is 6.54 Å². The Labute approximate surface area is 115 Å². The number of aliphatic hydroxyl groups excluding tert-OH is 1. The van der Waals surface area contributed by atoms with Crippen LogP contribution >= 0.6 is 0 Å². The van der Waals surface area contributed by atoms with Crippen LogP contribution in [0.15, 0.2) is 18.2 Å². The predicted molar refractivity (Wildman–Crippen MR) is 76.5 cm³/mol. The minimum Gasteiger partial charge on any atom is -0.496 e. The summed E-state index contributed by atoms with van der Waals surface area (Å²) >= 11 is 0. The van der Waals surface area contributed by atoms with Crippen molar-refractivity contribution in [1.29, 1.82) is 0 Å². The second-order valence-corrected chi connectivity index (χ2v) is 5.14. The van der Waals surface area contributed by atoms with Crippen LogP contribution in [0.25, 0.3) is 0 Å². The lowest BCUT2D eigenvalue weighted by molar-refractivity contribution is 0.123. The van der Waals surface area contributed by atoms with E-state index in [0.29, 0.717) is 6.04 Å². The fourth-order valence-electron chi connectivity index (χ4n) is 2.72. The van der Waals surface area contributed by atoms with Crippen molar-refractivity contribution in [2.24, 2.45) is 0 Å². The SMILES string of the molecule is COc1ccc(CN2CCNC[C@@H]2CCO)cc1C. The molecule has 0 aliphatic carbocycles. The molecule has 0 amide bonds. The highest BCUT2D eigenvalue weighted by molar-refractivity contribution is 5.36. The van der Waals surface area contributed by atoms with E-state index in [1.54, 1.807) is 7.11 Å². The number of methoxy groups -OCH3 is 1. The second kappa shape index (κ2) is 6.89. The van der Waals surface area contributed by atoms with E-state index in [2.05, 4.69) is 29.3 Å². The highest BCUT2D eigenvalue weighted by Gasteiger charge is 2.21. The van der Waals surface area contributed by atoms with E-state index < -0.39 is 0 Å². The molecule has 4 heteroatoms. The van der Waals surface area contributed by atoms with Gasteiger partial charge in [0.15, 0.2) is 0 Å². The zero-order chi connectivity index (χ0) is 13.7. The fourth-order valence-corrected chi connectivity index (χ4v) is 2.72. The standard InChI is InChI=1S/C15H24N2O2/c1-12-9-13(3-4-15(12)19-2)11-17-7-6-16-10-14(17)5-8-18/h3-4,9,14,16,18H,5-8,10-11H2,1-2H3/t14-/m0/s1. The number of hydrogen-bond donors (Lipinski definition) is 2. The molecule has 1 aliphatic rings. The van der Waals surface area contributed by atoms with Crippen molar-refractivity contribution < 1.29 is 9.84 Å². The van der Waals surface area contributed by atoms with Gasteiger partial charge in [-0.3, -0.25) is 4.90 Å².